The van der Waals surface area contributed by atoms with E-state index in [9.17, 15) is 9.59 Å². The molecule has 0 fully saturated rings. The molecule has 0 saturated heterocycles. The summed E-state index contributed by atoms with van der Waals surface area (Å²) in [4.78, 5) is 25.9. The molecular formula is C26H26N4O4. The van der Waals surface area contributed by atoms with Crippen molar-refractivity contribution >= 4 is 17.1 Å². The normalized spacial score (nSPS) is 12.9. The summed E-state index contributed by atoms with van der Waals surface area (Å²) in [6.45, 7) is 0.423. The lowest BCUT2D eigenvalue weighted by Gasteiger charge is -2.11. The van der Waals surface area contributed by atoms with Gasteiger partial charge in [-0.15, -0.1) is 0 Å². The number of aromatic nitrogens is 3. The Bertz CT molecular complexity index is 1420. The monoisotopic (exact) mass is 458 g/mol. The predicted octanol–water partition coefficient (Wildman–Crippen LogP) is 3.69. The molecule has 1 aliphatic rings. The van der Waals surface area contributed by atoms with E-state index in [0.717, 1.165) is 42.5 Å². The van der Waals surface area contributed by atoms with E-state index < -0.39 is 0 Å². The first-order valence-electron chi connectivity index (χ1n) is 11.3. The van der Waals surface area contributed by atoms with Gasteiger partial charge in [-0.1, -0.05) is 12.1 Å². The number of anilines is 1. The topological polar surface area (TPSA) is 86.9 Å². The molecule has 1 aliphatic carbocycles. The first kappa shape index (κ1) is 21.8. The minimum atomic E-state index is -0.233. The summed E-state index contributed by atoms with van der Waals surface area (Å²) in [5.41, 5.74) is 4.85. The van der Waals surface area contributed by atoms with Gasteiger partial charge in [0.15, 0.2) is 11.5 Å². The lowest BCUT2D eigenvalue weighted by atomic mass is 9.97. The fourth-order valence-electron chi connectivity index (χ4n) is 4.46. The summed E-state index contributed by atoms with van der Waals surface area (Å²) >= 11 is 0. The van der Waals surface area contributed by atoms with E-state index in [-0.39, 0.29) is 11.5 Å². The zero-order valence-electron chi connectivity index (χ0n) is 19.2. The molecule has 8 heteroatoms. The number of benzene rings is 2. The van der Waals surface area contributed by atoms with Crippen LogP contribution in [0.2, 0.25) is 0 Å². The molecule has 0 spiro atoms. The molecule has 0 aliphatic heterocycles. The van der Waals surface area contributed by atoms with Gasteiger partial charge in [-0.25, -0.2) is 4.52 Å². The zero-order chi connectivity index (χ0) is 23.7. The van der Waals surface area contributed by atoms with Gasteiger partial charge in [-0.05, 0) is 55.5 Å². The smallest absolute Gasteiger partial charge is 0.277 e. The van der Waals surface area contributed by atoms with Gasteiger partial charge in [-0.3, -0.25) is 9.59 Å². The van der Waals surface area contributed by atoms with Gasteiger partial charge >= 0.3 is 0 Å². The summed E-state index contributed by atoms with van der Waals surface area (Å²) in [5, 5.41) is 7.46. The SMILES string of the molecule is COc1ccc(NC(=O)c2ccc(Cn3ccn4nc5c(c4c3=O)CCCC5)cc2)cc1OC. The van der Waals surface area contributed by atoms with Crippen molar-refractivity contribution in [3.05, 3.63) is 87.6 Å². The molecule has 0 atom stereocenters. The Kier molecular flexibility index (Phi) is 5.79. The van der Waals surface area contributed by atoms with Crippen molar-refractivity contribution in [2.75, 3.05) is 19.5 Å². The minimum Gasteiger partial charge on any atom is -0.493 e. The van der Waals surface area contributed by atoms with Crippen LogP contribution < -0.4 is 20.3 Å². The lowest BCUT2D eigenvalue weighted by molar-refractivity contribution is 0.102. The van der Waals surface area contributed by atoms with Crippen LogP contribution in [0.5, 0.6) is 11.5 Å². The van der Waals surface area contributed by atoms with Crippen LogP contribution in [0.25, 0.3) is 5.52 Å². The van der Waals surface area contributed by atoms with Gasteiger partial charge in [-0.2, -0.15) is 5.10 Å². The van der Waals surface area contributed by atoms with Gasteiger partial charge in [0.25, 0.3) is 11.5 Å². The average Bonchev–Trinajstić information content (AvgIpc) is 3.25. The predicted molar refractivity (Wildman–Crippen MR) is 129 cm³/mol. The second kappa shape index (κ2) is 9.05. The number of ether oxygens (including phenoxy) is 2. The number of carbonyl (C=O) groups is 1. The molecule has 0 radical (unpaired) electrons. The average molecular weight is 459 g/mol. The van der Waals surface area contributed by atoms with Crippen LogP contribution in [-0.2, 0) is 19.4 Å². The van der Waals surface area contributed by atoms with Crippen molar-refractivity contribution in [2.24, 2.45) is 0 Å². The second-order valence-corrected chi connectivity index (χ2v) is 8.38. The number of aryl methyl sites for hydroxylation is 2. The Morgan fingerprint density at radius 1 is 1.00 bits per heavy atom. The molecule has 4 aromatic rings. The summed E-state index contributed by atoms with van der Waals surface area (Å²) in [7, 11) is 3.11. The van der Waals surface area contributed by atoms with E-state index in [0.29, 0.717) is 34.8 Å². The van der Waals surface area contributed by atoms with E-state index >= 15 is 0 Å². The maximum absolute atomic E-state index is 13.2. The highest BCUT2D eigenvalue weighted by Crippen LogP contribution is 2.30. The third-order valence-electron chi connectivity index (χ3n) is 6.24. The first-order chi connectivity index (χ1) is 16.6. The molecule has 2 heterocycles. The standard InChI is InChI=1S/C26H26N4O4/c1-33-22-12-11-19(15-23(22)34-2)27-25(31)18-9-7-17(8-10-18)16-29-13-14-30-24(26(29)32)20-5-3-4-6-21(20)28-30/h7-15H,3-6,16H2,1-2H3,(H,27,31). The van der Waals surface area contributed by atoms with Gasteiger partial charge in [0.2, 0.25) is 0 Å². The van der Waals surface area contributed by atoms with E-state index in [2.05, 4.69) is 10.4 Å². The van der Waals surface area contributed by atoms with Crippen LogP contribution in [-0.4, -0.2) is 34.3 Å². The van der Waals surface area contributed by atoms with Crippen molar-refractivity contribution in [3.63, 3.8) is 0 Å². The van der Waals surface area contributed by atoms with E-state index in [1.165, 1.54) is 0 Å². The fraction of sp³-hybridized carbons (Fsp3) is 0.269. The Hall–Kier alpha value is -4.07. The van der Waals surface area contributed by atoms with Crippen LogP contribution in [0.1, 0.15) is 40.0 Å². The highest BCUT2D eigenvalue weighted by molar-refractivity contribution is 6.04. The highest BCUT2D eigenvalue weighted by atomic mass is 16.5. The Morgan fingerprint density at radius 2 is 1.76 bits per heavy atom. The molecular weight excluding hydrogens is 432 g/mol. The van der Waals surface area contributed by atoms with Crippen LogP contribution in [0.3, 0.4) is 0 Å². The van der Waals surface area contributed by atoms with Gasteiger partial charge in [0.05, 0.1) is 26.5 Å². The van der Waals surface area contributed by atoms with Crippen LogP contribution >= 0.6 is 0 Å². The molecule has 1 amide bonds. The molecule has 2 aromatic heterocycles. The Balaban J connectivity index is 1.33. The molecule has 34 heavy (non-hydrogen) atoms. The van der Waals surface area contributed by atoms with E-state index in [4.69, 9.17) is 9.47 Å². The fourth-order valence-corrected chi connectivity index (χ4v) is 4.46. The Morgan fingerprint density at radius 3 is 2.53 bits per heavy atom. The number of hydrogen-bond donors (Lipinski definition) is 1. The van der Waals surface area contributed by atoms with Crippen molar-refractivity contribution in [3.8, 4) is 11.5 Å². The van der Waals surface area contributed by atoms with Gasteiger partial charge in [0, 0.05) is 35.3 Å². The quantitative estimate of drug-likeness (QED) is 0.476. The van der Waals surface area contributed by atoms with Crippen molar-refractivity contribution in [1.82, 2.24) is 14.2 Å². The minimum absolute atomic E-state index is 0.0339. The van der Waals surface area contributed by atoms with Gasteiger partial charge in [0.1, 0.15) is 5.52 Å². The van der Waals surface area contributed by atoms with Crippen LogP contribution in [0, 0.1) is 0 Å². The third kappa shape index (κ3) is 4.03. The van der Waals surface area contributed by atoms with Crippen molar-refractivity contribution < 1.29 is 14.3 Å². The molecule has 1 N–H and O–H groups in total. The van der Waals surface area contributed by atoms with E-state index in [1.54, 1.807) is 59.8 Å². The molecule has 174 valence electrons. The summed E-state index contributed by atoms with van der Waals surface area (Å²) in [6.07, 6.45) is 7.67. The second-order valence-electron chi connectivity index (χ2n) is 8.38. The summed E-state index contributed by atoms with van der Waals surface area (Å²) in [5.74, 6) is 0.899. The molecule has 5 rings (SSSR count). The van der Waals surface area contributed by atoms with Crippen LogP contribution in [0.15, 0.2) is 59.7 Å². The summed E-state index contributed by atoms with van der Waals surface area (Å²) in [6, 6.07) is 12.5. The Labute approximate surface area is 196 Å². The molecule has 0 bridgehead atoms. The van der Waals surface area contributed by atoms with Crippen molar-refractivity contribution in [2.45, 2.75) is 32.2 Å². The summed E-state index contributed by atoms with van der Waals surface area (Å²) < 4.78 is 13.9. The number of nitrogens with zero attached hydrogens (tertiary/aromatic N) is 3. The van der Waals surface area contributed by atoms with Gasteiger partial charge < -0.3 is 19.4 Å². The molecule has 0 saturated carbocycles. The lowest BCUT2D eigenvalue weighted by Crippen LogP contribution is -2.23. The highest BCUT2D eigenvalue weighted by Gasteiger charge is 2.19. The first-order valence-corrected chi connectivity index (χ1v) is 11.3. The molecule has 8 nitrogen and oxygen atoms in total. The van der Waals surface area contributed by atoms with E-state index in [1.807, 2.05) is 18.3 Å². The largest absolute Gasteiger partial charge is 0.493 e. The zero-order valence-corrected chi connectivity index (χ0v) is 19.2. The van der Waals surface area contributed by atoms with Crippen molar-refractivity contribution in [1.29, 1.82) is 0 Å². The van der Waals surface area contributed by atoms with Crippen LogP contribution in [0.4, 0.5) is 5.69 Å². The number of rotatable bonds is 6. The molecule has 0 unspecified atom stereocenters. The maximum atomic E-state index is 13.2. The number of hydrogen-bond acceptors (Lipinski definition) is 5. The number of nitrogens with one attached hydrogen (secondary N) is 1. The number of fused-ring (bicyclic) bond motifs is 3. The maximum Gasteiger partial charge on any atom is 0.277 e. The number of carbonyl (C=O) groups excluding carboxylic acids is 1. The molecule has 2 aromatic carbocycles. The number of methoxy groups -OCH3 is 2. The third-order valence-corrected chi connectivity index (χ3v) is 6.24. The number of amides is 1.